The van der Waals surface area contributed by atoms with Gasteiger partial charge in [0.2, 0.25) is 5.91 Å². The largest absolute Gasteiger partial charge is 0.287 e. The van der Waals surface area contributed by atoms with Gasteiger partial charge in [0, 0.05) is 25.0 Å². The van der Waals surface area contributed by atoms with Crippen molar-refractivity contribution in [1.82, 2.24) is 10.4 Å². The molecule has 0 aromatic heterocycles. The number of nitrogens with one attached hydrogen (secondary N) is 1. The second-order valence-electron chi connectivity index (χ2n) is 2.67. The molecule has 4 nitrogen and oxygen atoms in total. The predicted molar refractivity (Wildman–Crippen MR) is 40.6 cm³/mol. The van der Waals surface area contributed by atoms with E-state index in [0.29, 0.717) is 6.42 Å². The summed E-state index contributed by atoms with van der Waals surface area (Å²) < 4.78 is 0. The molecule has 2 aliphatic rings. The molecular formula is C7H9N3O. The zero-order chi connectivity index (χ0) is 7.68. The number of hydrogen-bond acceptors (Lipinski definition) is 3. The van der Waals surface area contributed by atoms with Crippen LogP contribution in [0.2, 0.25) is 0 Å². The molecule has 2 rings (SSSR count). The van der Waals surface area contributed by atoms with E-state index in [9.17, 15) is 4.79 Å². The van der Waals surface area contributed by atoms with Gasteiger partial charge in [-0.1, -0.05) is 0 Å². The number of aliphatic imine (C=N–C) groups is 1. The van der Waals surface area contributed by atoms with Crippen LogP contribution in [0.15, 0.2) is 17.4 Å². The molecule has 1 N–H and O–H groups in total. The Labute approximate surface area is 64.6 Å². The van der Waals surface area contributed by atoms with Crippen LogP contribution >= 0.6 is 0 Å². The lowest BCUT2D eigenvalue weighted by atomic mass is 10.2. The van der Waals surface area contributed by atoms with Crippen molar-refractivity contribution in [3.8, 4) is 0 Å². The van der Waals surface area contributed by atoms with Crippen LogP contribution in [-0.4, -0.2) is 23.2 Å². The molecule has 2 heterocycles. The van der Waals surface area contributed by atoms with Crippen LogP contribution in [0.4, 0.5) is 0 Å². The van der Waals surface area contributed by atoms with Gasteiger partial charge in [-0.05, 0) is 0 Å². The Bertz CT molecular complexity index is 234. The lowest BCUT2D eigenvalue weighted by Crippen LogP contribution is -2.32. The van der Waals surface area contributed by atoms with E-state index in [1.807, 2.05) is 11.2 Å². The fourth-order valence-electron chi connectivity index (χ4n) is 1.30. The standard InChI is InChI=1S/C7H9N3O/c11-7-5-6-1-2-8-3-4-10(6)9-7/h2-4,6H,1,5H2,(H,9,11). The molecule has 58 valence electrons. The van der Waals surface area contributed by atoms with Crippen molar-refractivity contribution >= 4 is 12.1 Å². The number of rotatable bonds is 0. The van der Waals surface area contributed by atoms with E-state index < -0.39 is 0 Å². The first-order valence-electron chi connectivity index (χ1n) is 3.62. The first-order chi connectivity index (χ1) is 5.36. The molecule has 0 spiro atoms. The molecule has 4 heteroatoms. The Morgan fingerprint density at radius 3 is 3.55 bits per heavy atom. The molecular weight excluding hydrogens is 142 g/mol. The number of fused-ring (bicyclic) bond motifs is 1. The van der Waals surface area contributed by atoms with Crippen LogP contribution in [-0.2, 0) is 4.79 Å². The van der Waals surface area contributed by atoms with Crippen LogP contribution in [0.3, 0.4) is 0 Å². The molecule has 1 fully saturated rings. The van der Waals surface area contributed by atoms with E-state index in [1.165, 1.54) is 0 Å². The number of hydrazine groups is 1. The molecule has 1 atom stereocenters. The summed E-state index contributed by atoms with van der Waals surface area (Å²) in [6, 6.07) is 0.269. The second kappa shape index (κ2) is 2.38. The lowest BCUT2D eigenvalue weighted by Gasteiger charge is -2.17. The number of amides is 1. The van der Waals surface area contributed by atoms with Crippen molar-refractivity contribution in [2.75, 3.05) is 0 Å². The molecule has 1 saturated heterocycles. The Morgan fingerprint density at radius 1 is 1.73 bits per heavy atom. The third-order valence-corrected chi connectivity index (χ3v) is 1.86. The van der Waals surface area contributed by atoms with Gasteiger partial charge in [-0.3, -0.25) is 20.2 Å². The third kappa shape index (κ3) is 1.11. The van der Waals surface area contributed by atoms with Gasteiger partial charge in [-0.2, -0.15) is 0 Å². The van der Waals surface area contributed by atoms with E-state index in [4.69, 9.17) is 0 Å². The monoisotopic (exact) mass is 151 g/mol. The highest BCUT2D eigenvalue weighted by Crippen LogP contribution is 2.14. The molecule has 11 heavy (non-hydrogen) atoms. The maximum absolute atomic E-state index is 10.9. The third-order valence-electron chi connectivity index (χ3n) is 1.86. The Kier molecular flexibility index (Phi) is 1.38. The van der Waals surface area contributed by atoms with Gasteiger partial charge in [-0.15, -0.1) is 0 Å². The van der Waals surface area contributed by atoms with Gasteiger partial charge in [0.15, 0.2) is 0 Å². The number of carbonyl (C=O) groups excluding carboxylic acids is 1. The second-order valence-corrected chi connectivity index (χ2v) is 2.67. The van der Waals surface area contributed by atoms with Crippen molar-refractivity contribution in [3.05, 3.63) is 12.4 Å². The van der Waals surface area contributed by atoms with Gasteiger partial charge in [0.1, 0.15) is 0 Å². The fraction of sp³-hybridized carbons (Fsp3) is 0.429. The highest BCUT2D eigenvalue weighted by atomic mass is 16.2. The highest BCUT2D eigenvalue weighted by molar-refractivity contribution is 5.79. The van der Waals surface area contributed by atoms with Crippen molar-refractivity contribution in [2.24, 2.45) is 4.99 Å². The van der Waals surface area contributed by atoms with Crippen molar-refractivity contribution in [3.63, 3.8) is 0 Å². The molecule has 2 aliphatic heterocycles. The number of hydrogen-bond donors (Lipinski definition) is 1. The summed E-state index contributed by atoms with van der Waals surface area (Å²) in [7, 11) is 0. The van der Waals surface area contributed by atoms with Gasteiger partial charge in [0.05, 0.1) is 12.5 Å². The minimum Gasteiger partial charge on any atom is -0.287 e. The molecule has 0 aromatic rings. The van der Waals surface area contributed by atoms with Gasteiger partial charge in [0.25, 0.3) is 0 Å². The van der Waals surface area contributed by atoms with Crippen LogP contribution < -0.4 is 5.43 Å². The van der Waals surface area contributed by atoms with Crippen molar-refractivity contribution < 1.29 is 4.79 Å². The predicted octanol–water partition coefficient (Wildman–Crippen LogP) is 0.0376. The first kappa shape index (κ1) is 6.39. The van der Waals surface area contributed by atoms with Gasteiger partial charge < -0.3 is 0 Å². The Morgan fingerprint density at radius 2 is 2.64 bits per heavy atom. The normalized spacial score (nSPS) is 28.2. The summed E-state index contributed by atoms with van der Waals surface area (Å²) in [6.07, 6.45) is 6.73. The zero-order valence-corrected chi connectivity index (χ0v) is 6.03. The minimum absolute atomic E-state index is 0.0925. The molecule has 0 aliphatic carbocycles. The SMILES string of the molecule is O=C1CC2CC=NC=CN2N1. The van der Waals surface area contributed by atoms with Gasteiger partial charge >= 0.3 is 0 Å². The maximum atomic E-state index is 10.9. The van der Waals surface area contributed by atoms with Crippen LogP contribution in [0, 0.1) is 0 Å². The summed E-state index contributed by atoms with van der Waals surface area (Å²) in [5, 5.41) is 1.81. The summed E-state index contributed by atoms with van der Waals surface area (Å²) >= 11 is 0. The number of nitrogens with zero attached hydrogens (tertiary/aromatic N) is 2. The smallest absolute Gasteiger partial charge is 0.240 e. The molecule has 0 saturated carbocycles. The van der Waals surface area contributed by atoms with E-state index >= 15 is 0 Å². The zero-order valence-electron chi connectivity index (χ0n) is 6.03. The van der Waals surface area contributed by atoms with E-state index in [-0.39, 0.29) is 11.9 Å². The van der Waals surface area contributed by atoms with Crippen molar-refractivity contribution in [2.45, 2.75) is 18.9 Å². The van der Waals surface area contributed by atoms with E-state index in [2.05, 4.69) is 10.4 Å². The summed E-state index contributed by atoms with van der Waals surface area (Å²) in [5.41, 5.74) is 2.72. The van der Waals surface area contributed by atoms with Crippen molar-refractivity contribution in [1.29, 1.82) is 0 Å². The molecule has 1 unspecified atom stereocenters. The lowest BCUT2D eigenvalue weighted by molar-refractivity contribution is -0.120. The first-order valence-corrected chi connectivity index (χ1v) is 3.62. The average Bonchev–Trinajstić information content (AvgIpc) is 2.17. The molecule has 0 bridgehead atoms. The molecule has 0 aromatic carbocycles. The molecule has 1 amide bonds. The topological polar surface area (TPSA) is 44.7 Å². The quantitative estimate of drug-likeness (QED) is 0.531. The van der Waals surface area contributed by atoms with Crippen LogP contribution in [0.25, 0.3) is 0 Å². The average molecular weight is 151 g/mol. The fourth-order valence-corrected chi connectivity index (χ4v) is 1.30. The summed E-state index contributed by atoms with van der Waals surface area (Å²) in [5.74, 6) is 0.0925. The Hall–Kier alpha value is -1.32. The van der Waals surface area contributed by atoms with Crippen LogP contribution in [0.1, 0.15) is 12.8 Å². The summed E-state index contributed by atoms with van der Waals surface area (Å²) in [6.45, 7) is 0. The molecule has 0 radical (unpaired) electrons. The minimum atomic E-state index is 0.0925. The summed E-state index contributed by atoms with van der Waals surface area (Å²) in [4.78, 5) is 14.9. The van der Waals surface area contributed by atoms with E-state index in [0.717, 1.165) is 6.42 Å². The highest BCUT2D eigenvalue weighted by Gasteiger charge is 2.27. The maximum Gasteiger partial charge on any atom is 0.240 e. The Balaban J connectivity index is 2.16. The van der Waals surface area contributed by atoms with Gasteiger partial charge in [-0.25, -0.2) is 0 Å². The number of carbonyl (C=O) groups is 1. The van der Waals surface area contributed by atoms with E-state index in [1.54, 1.807) is 12.4 Å². The van der Waals surface area contributed by atoms with Crippen LogP contribution in [0.5, 0.6) is 0 Å².